The van der Waals surface area contributed by atoms with E-state index in [1.165, 1.54) is 31.5 Å². The summed E-state index contributed by atoms with van der Waals surface area (Å²) < 4.78 is 0. The van der Waals surface area contributed by atoms with Gasteiger partial charge in [-0.05, 0) is 65.2 Å². The number of nitrogens with one attached hydrogen (secondary N) is 2. The molecule has 2 N–H and O–H groups in total. The van der Waals surface area contributed by atoms with Crippen LogP contribution in [0.25, 0.3) is 0 Å². The van der Waals surface area contributed by atoms with Crippen molar-refractivity contribution in [1.29, 1.82) is 0 Å². The molecule has 1 aliphatic heterocycles. The first kappa shape index (κ1) is 25.2. The van der Waals surface area contributed by atoms with E-state index in [4.69, 9.17) is 4.99 Å². The molecule has 1 saturated heterocycles. The monoisotopic (exact) mass is 501 g/mol. The van der Waals surface area contributed by atoms with Gasteiger partial charge in [0.25, 0.3) is 0 Å². The molecule has 160 valence electrons. The Kier molecular flexibility index (Phi) is 12.7. The largest absolute Gasteiger partial charge is 0.357 e. The van der Waals surface area contributed by atoms with Gasteiger partial charge in [0.1, 0.15) is 0 Å². The number of hydrogen-bond donors (Lipinski definition) is 2. The number of rotatable bonds is 9. The lowest BCUT2D eigenvalue weighted by Gasteiger charge is -2.28. The SMILES string of the molecule is CCNC(=NCC1CCCN(C)C1)NCCC(C)N(C)Cc1ccccc1.I. The first-order valence-corrected chi connectivity index (χ1v) is 10.5. The second-order valence-electron chi connectivity index (χ2n) is 7.96. The van der Waals surface area contributed by atoms with Gasteiger partial charge >= 0.3 is 0 Å². The number of guanidine groups is 1. The van der Waals surface area contributed by atoms with E-state index in [1.807, 2.05) is 0 Å². The molecule has 1 aromatic rings. The predicted molar refractivity (Wildman–Crippen MR) is 132 cm³/mol. The summed E-state index contributed by atoms with van der Waals surface area (Å²) in [6, 6.07) is 11.2. The van der Waals surface area contributed by atoms with E-state index in [9.17, 15) is 0 Å². The fraction of sp³-hybridized carbons (Fsp3) is 0.682. The molecule has 5 nitrogen and oxygen atoms in total. The van der Waals surface area contributed by atoms with Gasteiger partial charge in [-0.2, -0.15) is 0 Å². The first-order valence-electron chi connectivity index (χ1n) is 10.5. The third kappa shape index (κ3) is 9.56. The predicted octanol–water partition coefficient (Wildman–Crippen LogP) is 3.41. The number of halogens is 1. The minimum Gasteiger partial charge on any atom is -0.357 e. The summed E-state index contributed by atoms with van der Waals surface area (Å²) >= 11 is 0. The van der Waals surface area contributed by atoms with E-state index in [1.54, 1.807) is 0 Å². The lowest BCUT2D eigenvalue weighted by atomic mass is 9.99. The molecule has 2 atom stereocenters. The van der Waals surface area contributed by atoms with Crippen LogP contribution >= 0.6 is 24.0 Å². The van der Waals surface area contributed by atoms with Crippen LogP contribution in [0.1, 0.15) is 38.7 Å². The zero-order valence-electron chi connectivity index (χ0n) is 18.2. The number of likely N-dealkylation sites (tertiary alicyclic amines) is 1. The van der Waals surface area contributed by atoms with Gasteiger partial charge in [-0.25, -0.2) is 0 Å². The zero-order chi connectivity index (χ0) is 19.5. The second-order valence-corrected chi connectivity index (χ2v) is 7.96. The van der Waals surface area contributed by atoms with Crippen LogP contribution < -0.4 is 10.6 Å². The van der Waals surface area contributed by atoms with E-state index in [0.717, 1.165) is 38.6 Å². The fourth-order valence-electron chi connectivity index (χ4n) is 3.63. The molecule has 2 unspecified atom stereocenters. The van der Waals surface area contributed by atoms with Gasteiger partial charge in [-0.15, -0.1) is 24.0 Å². The Hall–Kier alpha value is -0.860. The average molecular weight is 502 g/mol. The maximum Gasteiger partial charge on any atom is 0.191 e. The molecule has 1 aliphatic rings. The first-order chi connectivity index (χ1) is 13.1. The van der Waals surface area contributed by atoms with Crippen molar-refractivity contribution in [3.8, 4) is 0 Å². The van der Waals surface area contributed by atoms with Gasteiger partial charge in [-0.3, -0.25) is 9.89 Å². The van der Waals surface area contributed by atoms with Crippen LogP contribution in [-0.2, 0) is 6.54 Å². The molecule has 0 spiro atoms. The Morgan fingerprint density at radius 2 is 2.04 bits per heavy atom. The van der Waals surface area contributed by atoms with E-state index < -0.39 is 0 Å². The summed E-state index contributed by atoms with van der Waals surface area (Å²) in [7, 11) is 4.42. The van der Waals surface area contributed by atoms with Gasteiger partial charge in [-0.1, -0.05) is 30.3 Å². The topological polar surface area (TPSA) is 42.9 Å². The molecular weight excluding hydrogens is 461 g/mol. The number of hydrogen-bond acceptors (Lipinski definition) is 3. The normalized spacial score (nSPS) is 19.2. The summed E-state index contributed by atoms with van der Waals surface area (Å²) in [5.41, 5.74) is 1.37. The maximum absolute atomic E-state index is 4.84. The van der Waals surface area contributed by atoms with Crippen LogP contribution in [0.15, 0.2) is 35.3 Å². The quantitative estimate of drug-likeness (QED) is 0.309. The molecule has 6 heteroatoms. The highest BCUT2D eigenvalue weighted by atomic mass is 127. The molecule has 0 aromatic heterocycles. The molecule has 1 fully saturated rings. The van der Waals surface area contributed by atoms with Crippen molar-refractivity contribution in [1.82, 2.24) is 20.4 Å². The molecular formula is C22H40IN5. The lowest BCUT2D eigenvalue weighted by molar-refractivity contribution is 0.214. The van der Waals surface area contributed by atoms with Gasteiger partial charge in [0.05, 0.1) is 0 Å². The van der Waals surface area contributed by atoms with Crippen molar-refractivity contribution < 1.29 is 0 Å². The van der Waals surface area contributed by atoms with Gasteiger partial charge in [0, 0.05) is 38.8 Å². The molecule has 1 heterocycles. The van der Waals surface area contributed by atoms with Crippen LogP contribution in [0.3, 0.4) is 0 Å². The van der Waals surface area contributed by atoms with Crippen molar-refractivity contribution in [2.75, 3.05) is 46.8 Å². The standard InChI is InChI=1S/C22H39N5.HI/c1-5-23-22(25-16-21-12-9-15-26(3)17-21)24-14-13-19(2)27(4)18-20-10-7-6-8-11-20;/h6-8,10-11,19,21H,5,9,12-18H2,1-4H3,(H2,23,24,25);1H. The van der Waals surface area contributed by atoms with E-state index in [0.29, 0.717) is 12.0 Å². The van der Waals surface area contributed by atoms with Crippen molar-refractivity contribution in [2.24, 2.45) is 10.9 Å². The van der Waals surface area contributed by atoms with E-state index in [2.05, 4.69) is 78.7 Å². The lowest BCUT2D eigenvalue weighted by Crippen LogP contribution is -2.41. The average Bonchev–Trinajstić information content (AvgIpc) is 2.67. The van der Waals surface area contributed by atoms with Crippen molar-refractivity contribution in [3.63, 3.8) is 0 Å². The van der Waals surface area contributed by atoms with E-state index in [-0.39, 0.29) is 24.0 Å². The van der Waals surface area contributed by atoms with Crippen molar-refractivity contribution in [3.05, 3.63) is 35.9 Å². The minimum absolute atomic E-state index is 0. The summed E-state index contributed by atoms with van der Waals surface area (Å²) in [5.74, 6) is 1.65. The minimum atomic E-state index is 0. The summed E-state index contributed by atoms with van der Waals surface area (Å²) in [6.07, 6.45) is 3.69. The molecule has 1 aromatic carbocycles. The summed E-state index contributed by atoms with van der Waals surface area (Å²) in [4.78, 5) is 9.68. The second kappa shape index (κ2) is 14.2. The number of benzene rings is 1. The number of nitrogens with zero attached hydrogens (tertiary/aromatic N) is 3. The van der Waals surface area contributed by atoms with Crippen LogP contribution in [0, 0.1) is 5.92 Å². The van der Waals surface area contributed by atoms with Gasteiger partial charge in [0.15, 0.2) is 5.96 Å². The highest BCUT2D eigenvalue weighted by Gasteiger charge is 2.17. The molecule has 0 saturated carbocycles. The molecule has 2 rings (SSSR count). The Morgan fingerprint density at radius 3 is 2.71 bits per heavy atom. The molecule has 0 aliphatic carbocycles. The smallest absolute Gasteiger partial charge is 0.191 e. The Bertz CT molecular complexity index is 551. The third-order valence-electron chi connectivity index (χ3n) is 5.46. The molecule has 0 amide bonds. The van der Waals surface area contributed by atoms with Gasteiger partial charge in [0.2, 0.25) is 0 Å². The van der Waals surface area contributed by atoms with Crippen LogP contribution in [0.5, 0.6) is 0 Å². The molecule has 28 heavy (non-hydrogen) atoms. The number of aliphatic imine (C=N–C) groups is 1. The van der Waals surface area contributed by atoms with Gasteiger partial charge < -0.3 is 15.5 Å². The fourth-order valence-corrected chi connectivity index (χ4v) is 3.63. The Morgan fingerprint density at radius 1 is 1.29 bits per heavy atom. The highest BCUT2D eigenvalue weighted by molar-refractivity contribution is 14.0. The number of piperidine rings is 1. The zero-order valence-corrected chi connectivity index (χ0v) is 20.5. The molecule has 0 bridgehead atoms. The Labute approximate surface area is 189 Å². The highest BCUT2D eigenvalue weighted by Crippen LogP contribution is 2.15. The maximum atomic E-state index is 4.84. The van der Waals surface area contributed by atoms with Crippen molar-refractivity contribution in [2.45, 2.75) is 45.7 Å². The summed E-state index contributed by atoms with van der Waals surface area (Å²) in [5, 5.41) is 6.91. The molecule has 0 radical (unpaired) electrons. The van der Waals surface area contributed by atoms with Crippen LogP contribution in [0.4, 0.5) is 0 Å². The summed E-state index contributed by atoms with van der Waals surface area (Å²) in [6.45, 7) is 10.6. The van der Waals surface area contributed by atoms with Crippen LogP contribution in [-0.4, -0.2) is 68.6 Å². The third-order valence-corrected chi connectivity index (χ3v) is 5.46. The van der Waals surface area contributed by atoms with E-state index >= 15 is 0 Å². The van der Waals surface area contributed by atoms with Crippen LogP contribution in [0.2, 0.25) is 0 Å². The van der Waals surface area contributed by atoms with Crippen molar-refractivity contribution >= 4 is 29.9 Å². The Balaban J connectivity index is 0.00000392.